The molecule has 1 aliphatic carbocycles. The van der Waals surface area contributed by atoms with Crippen LogP contribution >= 0.6 is 10.3 Å². The number of halogens is 3. The van der Waals surface area contributed by atoms with Gasteiger partial charge in [0.25, 0.3) is 0 Å². The molecule has 0 N–H and O–H groups in total. The van der Waals surface area contributed by atoms with Crippen LogP contribution in [0.3, 0.4) is 0 Å². The van der Waals surface area contributed by atoms with E-state index in [9.17, 15) is 26.4 Å². The first-order valence-electron chi connectivity index (χ1n) is 7.67. The molecule has 0 atom stereocenters. The molecule has 4 nitrogen and oxygen atoms in total. The fourth-order valence-electron chi connectivity index (χ4n) is 2.85. The highest BCUT2D eigenvalue weighted by Crippen LogP contribution is 2.60. The van der Waals surface area contributed by atoms with Crippen molar-refractivity contribution in [2.45, 2.75) is 69.4 Å². The van der Waals surface area contributed by atoms with Crippen molar-refractivity contribution in [1.29, 1.82) is 0 Å². The fraction of sp³-hybridized carbons (Fsp3) is 0.929. The Kier molecular flexibility index (Phi) is 6.60. The molecule has 1 fully saturated rings. The molecule has 23 heavy (non-hydrogen) atoms. The summed E-state index contributed by atoms with van der Waals surface area (Å²) in [6.45, 7) is 6.46. The number of rotatable bonds is 7. The average molecular weight is 378 g/mol. The molecule has 0 aliphatic heterocycles. The third-order valence-corrected chi connectivity index (χ3v) is 10.5. The smallest absolute Gasteiger partial charge is 0.298 e. The third kappa shape index (κ3) is 4.63. The minimum atomic E-state index is -5.73. The van der Waals surface area contributed by atoms with E-state index >= 15 is 0 Å². The van der Waals surface area contributed by atoms with Gasteiger partial charge in [0.1, 0.15) is 5.78 Å². The van der Waals surface area contributed by atoms with Gasteiger partial charge in [0.15, 0.2) is 0 Å². The summed E-state index contributed by atoms with van der Waals surface area (Å²) < 4.78 is 66.1. The molecule has 0 saturated heterocycles. The monoisotopic (exact) mass is 378 g/mol. The largest absolute Gasteiger partial charge is 0.523 e. The first kappa shape index (κ1) is 20.8. The molecule has 1 rings (SSSR count). The lowest BCUT2D eigenvalue weighted by molar-refractivity contribution is -0.120. The SMILES string of the molecule is CC(C)S(CC(=O)C1CCCC1)(OS(=O)(=O)C(F)(F)F)C(C)C. The van der Waals surface area contributed by atoms with E-state index in [1.165, 1.54) is 0 Å². The first-order valence-corrected chi connectivity index (χ1v) is 10.9. The quantitative estimate of drug-likeness (QED) is 0.625. The van der Waals surface area contributed by atoms with Crippen molar-refractivity contribution in [2.24, 2.45) is 5.92 Å². The second kappa shape index (κ2) is 7.31. The van der Waals surface area contributed by atoms with Gasteiger partial charge in [0, 0.05) is 16.4 Å². The van der Waals surface area contributed by atoms with E-state index < -0.39 is 36.4 Å². The summed E-state index contributed by atoms with van der Waals surface area (Å²) in [5, 5.41) is -0.963. The molecule has 9 heteroatoms. The number of hydrogen-bond donors (Lipinski definition) is 0. The van der Waals surface area contributed by atoms with E-state index in [1.54, 1.807) is 27.7 Å². The van der Waals surface area contributed by atoms with Crippen LogP contribution in [-0.2, 0) is 18.5 Å². The van der Waals surface area contributed by atoms with Crippen LogP contribution in [0.1, 0.15) is 53.4 Å². The second-order valence-corrected chi connectivity index (χ2v) is 12.1. The second-order valence-electron chi connectivity index (χ2n) is 6.44. The van der Waals surface area contributed by atoms with Crippen molar-refractivity contribution in [2.75, 3.05) is 5.75 Å². The van der Waals surface area contributed by atoms with Gasteiger partial charge in [0.2, 0.25) is 0 Å². The molecule has 0 heterocycles. The van der Waals surface area contributed by atoms with Gasteiger partial charge in [-0.15, -0.1) is 10.3 Å². The summed E-state index contributed by atoms with van der Waals surface area (Å²) in [4.78, 5) is 12.5. The van der Waals surface area contributed by atoms with E-state index in [0.717, 1.165) is 25.7 Å². The molecule has 0 aromatic heterocycles. The van der Waals surface area contributed by atoms with Gasteiger partial charge in [-0.1, -0.05) is 40.5 Å². The molecule has 0 radical (unpaired) electrons. The van der Waals surface area contributed by atoms with E-state index in [2.05, 4.69) is 0 Å². The van der Waals surface area contributed by atoms with Crippen LogP contribution in [-0.4, -0.2) is 36.0 Å². The zero-order valence-corrected chi connectivity index (χ0v) is 15.5. The minimum Gasteiger partial charge on any atom is -0.298 e. The molecule has 0 amide bonds. The molecule has 0 aromatic carbocycles. The first-order chi connectivity index (χ1) is 10.3. The van der Waals surface area contributed by atoms with Gasteiger partial charge >= 0.3 is 15.6 Å². The maximum Gasteiger partial charge on any atom is 0.523 e. The van der Waals surface area contributed by atoms with Crippen LogP contribution in [0.15, 0.2) is 0 Å². The number of alkyl halides is 3. The molecule has 0 unspecified atom stereocenters. The number of ketones is 1. The highest BCUT2D eigenvalue weighted by molar-refractivity contribution is 8.34. The lowest BCUT2D eigenvalue weighted by Gasteiger charge is -2.45. The minimum absolute atomic E-state index is 0.169. The van der Waals surface area contributed by atoms with E-state index in [-0.39, 0.29) is 17.5 Å². The molecule has 0 spiro atoms. The maximum atomic E-state index is 12.7. The maximum absolute atomic E-state index is 12.7. The Morgan fingerprint density at radius 3 is 1.87 bits per heavy atom. The normalized spacial score (nSPS) is 18.8. The molecule has 0 bridgehead atoms. The summed E-state index contributed by atoms with van der Waals surface area (Å²) in [6, 6.07) is 0. The summed E-state index contributed by atoms with van der Waals surface area (Å²) in [6.07, 6.45) is 3.28. The average Bonchev–Trinajstić information content (AvgIpc) is 2.89. The van der Waals surface area contributed by atoms with Crippen molar-refractivity contribution < 1.29 is 30.0 Å². The van der Waals surface area contributed by atoms with Crippen molar-refractivity contribution >= 4 is 26.2 Å². The Morgan fingerprint density at radius 1 is 1.09 bits per heavy atom. The van der Waals surface area contributed by atoms with Crippen LogP contribution in [0.25, 0.3) is 0 Å². The van der Waals surface area contributed by atoms with E-state index in [0.29, 0.717) is 0 Å². The van der Waals surface area contributed by atoms with Crippen molar-refractivity contribution in [3.63, 3.8) is 0 Å². The van der Waals surface area contributed by atoms with Crippen molar-refractivity contribution in [3.8, 4) is 0 Å². The summed E-state index contributed by atoms with van der Waals surface area (Å²) in [7, 11) is -8.49. The predicted octanol–water partition coefficient (Wildman–Crippen LogP) is 4.15. The van der Waals surface area contributed by atoms with E-state index in [4.69, 9.17) is 3.63 Å². The van der Waals surface area contributed by atoms with Crippen LogP contribution in [0.2, 0.25) is 0 Å². The van der Waals surface area contributed by atoms with Crippen LogP contribution in [0, 0.1) is 5.92 Å². The van der Waals surface area contributed by atoms with Crippen molar-refractivity contribution in [3.05, 3.63) is 0 Å². The Balaban J connectivity index is 3.14. The molecule has 1 aliphatic rings. The lowest BCUT2D eigenvalue weighted by Crippen LogP contribution is -2.37. The molecular weight excluding hydrogens is 353 g/mol. The van der Waals surface area contributed by atoms with Crippen LogP contribution in [0.5, 0.6) is 0 Å². The Morgan fingerprint density at radius 2 is 1.52 bits per heavy atom. The summed E-state index contributed by atoms with van der Waals surface area (Å²) in [5.41, 5.74) is -5.48. The molecule has 138 valence electrons. The van der Waals surface area contributed by atoms with Crippen LogP contribution < -0.4 is 0 Å². The highest BCUT2D eigenvalue weighted by atomic mass is 32.3. The van der Waals surface area contributed by atoms with E-state index in [1.807, 2.05) is 0 Å². The summed E-state index contributed by atoms with van der Waals surface area (Å²) >= 11 is 0. The Bertz CT molecular complexity index is 513. The molecular formula is C14H25F3O4S2. The topological polar surface area (TPSA) is 60.4 Å². The van der Waals surface area contributed by atoms with Gasteiger partial charge in [-0.3, -0.25) is 4.79 Å². The number of carbonyl (C=O) groups is 1. The number of hydrogen-bond acceptors (Lipinski definition) is 4. The third-order valence-electron chi connectivity index (χ3n) is 4.27. The lowest BCUT2D eigenvalue weighted by atomic mass is 10.0. The van der Waals surface area contributed by atoms with Gasteiger partial charge in [0.05, 0.1) is 5.75 Å². The standard InChI is InChI=1S/C14H25F3O4S2/c1-10(2)22(11(3)4,21-23(19,20)14(15,16)17)9-13(18)12-7-5-6-8-12/h10-12H,5-9H2,1-4H3. The predicted molar refractivity (Wildman–Crippen MR) is 85.8 cm³/mol. The fourth-order valence-corrected chi connectivity index (χ4v) is 8.38. The zero-order chi connectivity index (χ0) is 18.1. The zero-order valence-electron chi connectivity index (χ0n) is 13.9. The van der Waals surface area contributed by atoms with Gasteiger partial charge < -0.3 is 0 Å². The molecule has 0 aromatic rings. The molecule has 1 saturated carbocycles. The number of Topliss-reactive ketones (excluding diaryl/α,β-unsaturated/α-hetero) is 1. The van der Waals surface area contributed by atoms with Gasteiger partial charge in [-0.05, 0) is 12.8 Å². The van der Waals surface area contributed by atoms with Gasteiger partial charge in [-0.2, -0.15) is 21.6 Å². The van der Waals surface area contributed by atoms with Gasteiger partial charge in [-0.25, -0.2) is 3.63 Å². The Hall–Kier alpha value is -0.280. The Labute approximate surface area is 137 Å². The summed E-state index contributed by atoms with van der Waals surface area (Å²) in [5.74, 6) is -0.587. The van der Waals surface area contributed by atoms with Crippen molar-refractivity contribution in [1.82, 2.24) is 0 Å². The number of carbonyl (C=O) groups excluding carboxylic acids is 1. The van der Waals surface area contributed by atoms with Crippen LogP contribution in [0.4, 0.5) is 13.2 Å². The highest BCUT2D eigenvalue weighted by Gasteiger charge is 2.53.